The summed E-state index contributed by atoms with van der Waals surface area (Å²) in [7, 11) is 0. The monoisotopic (exact) mass is 463 g/mol. The number of rotatable bonds is 7. The third-order valence-electron chi connectivity index (χ3n) is 5.57. The van der Waals surface area contributed by atoms with Crippen molar-refractivity contribution >= 4 is 45.6 Å². The third-order valence-corrected chi connectivity index (χ3v) is 6.37. The lowest BCUT2D eigenvalue weighted by atomic mass is 9.96. The quantitative estimate of drug-likeness (QED) is 0.497. The van der Waals surface area contributed by atoms with E-state index in [1.165, 1.54) is 11.3 Å². The number of aromatic nitrogens is 1. The summed E-state index contributed by atoms with van der Waals surface area (Å²) in [6, 6.07) is 16.5. The van der Waals surface area contributed by atoms with Crippen molar-refractivity contribution in [2.75, 3.05) is 28.6 Å². The molecule has 2 heterocycles. The molecule has 1 aliphatic rings. The molecule has 4 rings (SSSR count). The van der Waals surface area contributed by atoms with Crippen molar-refractivity contribution in [1.82, 2.24) is 4.98 Å². The molecule has 8 nitrogen and oxygen atoms in total. The van der Waals surface area contributed by atoms with Gasteiger partial charge in [-0.3, -0.25) is 19.7 Å². The predicted octanol–water partition coefficient (Wildman–Crippen LogP) is 3.28. The molecular formula is C24H25N5O3S. The lowest BCUT2D eigenvalue weighted by Gasteiger charge is -2.33. The van der Waals surface area contributed by atoms with Gasteiger partial charge in [-0.25, -0.2) is 4.98 Å². The first-order valence-corrected chi connectivity index (χ1v) is 11.6. The number of carbonyl (C=O) groups is 3. The summed E-state index contributed by atoms with van der Waals surface area (Å²) in [6.45, 7) is 1.41. The number of carbonyl (C=O) groups excluding carboxylic acids is 3. The lowest BCUT2D eigenvalue weighted by Crippen LogP contribution is -2.38. The average Bonchev–Trinajstić information content (AvgIpc) is 3.26. The van der Waals surface area contributed by atoms with Crippen LogP contribution in [0.25, 0.3) is 0 Å². The van der Waals surface area contributed by atoms with E-state index < -0.39 is 0 Å². The second-order valence-corrected chi connectivity index (χ2v) is 8.73. The smallest absolute Gasteiger partial charge is 0.257 e. The van der Waals surface area contributed by atoms with Crippen molar-refractivity contribution < 1.29 is 14.4 Å². The fourth-order valence-corrected chi connectivity index (χ4v) is 4.53. The number of hydrogen-bond donors (Lipinski definition) is 3. The summed E-state index contributed by atoms with van der Waals surface area (Å²) in [6.07, 6.45) is 1.50. The Morgan fingerprint density at radius 3 is 2.42 bits per heavy atom. The Hall–Kier alpha value is -3.72. The van der Waals surface area contributed by atoms with Gasteiger partial charge in [-0.2, -0.15) is 0 Å². The molecule has 33 heavy (non-hydrogen) atoms. The first kappa shape index (κ1) is 22.5. The molecule has 0 bridgehead atoms. The number of anilines is 3. The maximum Gasteiger partial charge on any atom is 0.257 e. The number of nitrogens with one attached hydrogen (secondary N) is 2. The minimum atomic E-state index is -0.251. The number of hydrogen-bond acceptors (Lipinski definition) is 6. The van der Waals surface area contributed by atoms with Gasteiger partial charge < -0.3 is 16.0 Å². The summed E-state index contributed by atoms with van der Waals surface area (Å²) in [5.41, 5.74) is 8.20. The fourth-order valence-electron chi connectivity index (χ4n) is 3.82. The summed E-state index contributed by atoms with van der Waals surface area (Å²) in [4.78, 5) is 42.9. The van der Waals surface area contributed by atoms with Gasteiger partial charge in [0.25, 0.3) is 5.91 Å². The van der Waals surface area contributed by atoms with E-state index in [0.717, 1.165) is 5.69 Å². The molecule has 1 aliphatic heterocycles. The first-order chi connectivity index (χ1) is 16.0. The van der Waals surface area contributed by atoms with Crippen molar-refractivity contribution in [2.24, 2.45) is 11.7 Å². The Morgan fingerprint density at radius 2 is 1.70 bits per heavy atom. The van der Waals surface area contributed by atoms with Crippen LogP contribution in [-0.4, -0.2) is 35.8 Å². The topological polar surface area (TPSA) is 117 Å². The van der Waals surface area contributed by atoms with Crippen molar-refractivity contribution in [3.8, 4) is 0 Å². The van der Waals surface area contributed by atoms with Gasteiger partial charge in [-0.05, 0) is 37.1 Å². The van der Waals surface area contributed by atoms with Gasteiger partial charge in [-0.15, -0.1) is 11.3 Å². The Labute approximate surface area is 195 Å². The molecule has 4 N–H and O–H groups in total. The number of benzene rings is 2. The predicted molar refractivity (Wildman–Crippen MR) is 129 cm³/mol. The molecule has 0 aliphatic carbocycles. The molecule has 0 atom stereocenters. The van der Waals surface area contributed by atoms with E-state index in [-0.39, 0.29) is 30.1 Å². The maximum atomic E-state index is 12.7. The van der Waals surface area contributed by atoms with Crippen LogP contribution in [0, 0.1) is 5.92 Å². The number of primary amides is 1. The van der Waals surface area contributed by atoms with Gasteiger partial charge in [-0.1, -0.05) is 30.3 Å². The molecule has 0 unspecified atom stereocenters. The molecule has 1 aromatic heterocycles. The molecule has 2 aromatic carbocycles. The molecular weight excluding hydrogens is 438 g/mol. The van der Waals surface area contributed by atoms with Gasteiger partial charge in [0.05, 0.1) is 23.5 Å². The van der Waals surface area contributed by atoms with Gasteiger partial charge in [0.15, 0.2) is 5.13 Å². The van der Waals surface area contributed by atoms with E-state index in [9.17, 15) is 14.4 Å². The first-order valence-electron chi connectivity index (χ1n) is 10.7. The van der Waals surface area contributed by atoms with Gasteiger partial charge in [0, 0.05) is 30.0 Å². The van der Waals surface area contributed by atoms with Crippen molar-refractivity contribution in [2.45, 2.75) is 19.3 Å². The Balaban J connectivity index is 1.35. The SMILES string of the molecule is NC(=O)C1CCN(c2ccccc2NC(=O)Cc2csc(NC(=O)c3ccccc3)n2)CC1. The molecule has 1 fully saturated rings. The third kappa shape index (κ3) is 5.75. The zero-order valence-corrected chi connectivity index (χ0v) is 18.8. The van der Waals surface area contributed by atoms with Crippen LogP contribution in [0.2, 0.25) is 0 Å². The largest absolute Gasteiger partial charge is 0.370 e. The van der Waals surface area contributed by atoms with Crippen LogP contribution in [0.3, 0.4) is 0 Å². The zero-order valence-electron chi connectivity index (χ0n) is 18.0. The molecule has 0 spiro atoms. The lowest BCUT2D eigenvalue weighted by molar-refractivity contribution is -0.122. The maximum absolute atomic E-state index is 12.7. The summed E-state index contributed by atoms with van der Waals surface area (Å²) >= 11 is 1.28. The number of nitrogens with two attached hydrogens (primary N) is 1. The molecule has 1 saturated heterocycles. The number of nitrogens with zero attached hydrogens (tertiary/aromatic N) is 2. The highest BCUT2D eigenvalue weighted by molar-refractivity contribution is 7.14. The number of thiazole rings is 1. The van der Waals surface area contributed by atoms with Crippen LogP contribution in [0.1, 0.15) is 28.9 Å². The summed E-state index contributed by atoms with van der Waals surface area (Å²) in [5, 5.41) is 7.95. The van der Waals surface area contributed by atoms with Crippen LogP contribution in [-0.2, 0) is 16.0 Å². The number of piperidine rings is 1. The van der Waals surface area contributed by atoms with Crippen molar-refractivity contribution in [3.63, 3.8) is 0 Å². The highest BCUT2D eigenvalue weighted by atomic mass is 32.1. The van der Waals surface area contributed by atoms with Crippen LogP contribution in [0.15, 0.2) is 60.0 Å². The second kappa shape index (κ2) is 10.3. The van der Waals surface area contributed by atoms with Gasteiger partial charge in [0.2, 0.25) is 11.8 Å². The number of para-hydroxylation sites is 2. The highest BCUT2D eigenvalue weighted by Gasteiger charge is 2.24. The van der Waals surface area contributed by atoms with Crippen LogP contribution >= 0.6 is 11.3 Å². The minimum Gasteiger partial charge on any atom is -0.370 e. The molecule has 0 saturated carbocycles. The summed E-state index contributed by atoms with van der Waals surface area (Å²) in [5.74, 6) is -0.779. The van der Waals surface area contributed by atoms with Gasteiger partial charge in [0.1, 0.15) is 0 Å². The van der Waals surface area contributed by atoms with Gasteiger partial charge >= 0.3 is 0 Å². The Bertz CT molecular complexity index is 1140. The normalized spacial score (nSPS) is 14.0. The van der Waals surface area contributed by atoms with E-state index >= 15 is 0 Å². The van der Waals surface area contributed by atoms with Crippen LogP contribution in [0.5, 0.6) is 0 Å². The van der Waals surface area contributed by atoms with E-state index in [1.807, 2.05) is 30.3 Å². The Morgan fingerprint density at radius 1 is 1.00 bits per heavy atom. The average molecular weight is 464 g/mol. The van der Waals surface area contributed by atoms with E-state index in [0.29, 0.717) is 48.0 Å². The van der Waals surface area contributed by atoms with E-state index in [1.54, 1.807) is 29.6 Å². The molecule has 170 valence electrons. The molecule has 0 radical (unpaired) electrons. The molecule has 9 heteroatoms. The summed E-state index contributed by atoms with van der Waals surface area (Å²) < 4.78 is 0. The molecule has 3 aromatic rings. The van der Waals surface area contributed by atoms with Crippen molar-refractivity contribution in [3.05, 3.63) is 71.2 Å². The van der Waals surface area contributed by atoms with Crippen molar-refractivity contribution in [1.29, 1.82) is 0 Å². The Kier molecular flexibility index (Phi) is 6.99. The molecule has 3 amide bonds. The number of amides is 3. The minimum absolute atomic E-state index is 0.0930. The van der Waals surface area contributed by atoms with E-state index in [4.69, 9.17) is 5.73 Å². The fraction of sp³-hybridized carbons (Fsp3) is 0.250. The second-order valence-electron chi connectivity index (χ2n) is 7.87. The standard InChI is InChI=1S/C24H25N5O3S/c25-22(31)16-10-12-29(13-11-16)20-9-5-4-8-19(20)27-21(30)14-18-15-33-24(26-18)28-23(32)17-6-2-1-3-7-17/h1-9,15-16H,10-14H2,(H2,25,31)(H,27,30)(H,26,28,32). The van der Waals surface area contributed by atoms with E-state index in [2.05, 4.69) is 20.5 Å². The van der Waals surface area contributed by atoms with Crippen LogP contribution in [0.4, 0.5) is 16.5 Å². The zero-order chi connectivity index (χ0) is 23.2. The van der Waals surface area contributed by atoms with Crippen LogP contribution < -0.4 is 21.3 Å². The highest BCUT2D eigenvalue weighted by Crippen LogP contribution is 2.30.